The monoisotopic (exact) mass is 630 g/mol. The molecule has 1 atom stereocenters. The summed E-state index contributed by atoms with van der Waals surface area (Å²) in [5.41, 5.74) is 3.83. The van der Waals surface area contributed by atoms with Gasteiger partial charge in [0.1, 0.15) is 17.4 Å². The van der Waals surface area contributed by atoms with Crippen molar-refractivity contribution in [3.05, 3.63) is 75.9 Å². The number of ketones is 1. The van der Waals surface area contributed by atoms with Crippen molar-refractivity contribution < 1.29 is 14.0 Å². The number of Topliss-reactive ketones (excluding diaryl/α,β-unsaturated/α-hetero) is 1. The smallest absolute Gasteiger partial charge is 0.244 e. The highest BCUT2D eigenvalue weighted by molar-refractivity contribution is 7.27. The number of carbonyl (C=O) groups is 2. The van der Waals surface area contributed by atoms with Gasteiger partial charge in [0.25, 0.3) is 0 Å². The quantitative estimate of drug-likeness (QED) is 0.190. The van der Waals surface area contributed by atoms with Gasteiger partial charge in [0.2, 0.25) is 5.91 Å². The Balaban J connectivity index is 0.000000326. The molecule has 0 fully saturated rings. The number of fused-ring (bicyclic) bond motifs is 1. The van der Waals surface area contributed by atoms with Crippen molar-refractivity contribution in [1.82, 2.24) is 4.90 Å². The van der Waals surface area contributed by atoms with E-state index in [-0.39, 0.29) is 18.2 Å². The normalized spacial score (nSPS) is 11.5. The molecule has 1 aliphatic heterocycles. The standard InChI is InChI=1S/C18H17FN3O2PS.C12H18ClN.C2H6/c1-9-16-10(2)22(8-20-18(16)26-17(9)11(3)23)7-15(24)21-13-4-12(19)5-14(25)6-13;1-3-8-14(9-4-2)12-7-5-6-11(13)10-12;1-2/h4-6,8H,2,7,25H2,1,3H3,(H,21,24);5-7,10H,3-4,8-9H2,1-2H3;1-2H3. The molecule has 226 valence electrons. The molecule has 1 aliphatic rings. The van der Waals surface area contributed by atoms with Crippen LogP contribution in [0.4, 0.5) is 20.8 Å². The number of aliphatic imine (C=N–C) groups is 1. The van der Waals surface area contributed by atoms with Gasteiger partial charge >= 0.3 is 0 Å². The minimum absolute atomic E-state index is 0.0187. The summed E-state index contributed by atoms with van der Waals surface area (Å²) < 4.78 is 13.4. The SMILES string of the molecule is C=C1c2c(sc(C(C)=O)c2C)N=CN1CC(=O)Nc1cc(F)cc(P)c1.CC.CCCN(CCC)c1cccc(Cl)c1. The number of hydrogen-bond acceptors (Lipinski definition) is 6. The summed E-state index contributed by atoms with van der Waals surface area (Å²) in [6.07, 6.45) is 3.87. The van der Waals surface area contributed by atoms with Gasteiger partial charge in [0, 0.05) is 40.7 Å². The van der Waals surface area contributed by atoms with Gasteiger partial charge in [0.15, 0.2) is 5.78 Å². The molecule has 0 saturated heterocycles. The molecule has 0 saturated carbocycles. The van der Waals surface area contributed by atoms with E-state index in [4.69, 9.17) is 11.6 Å². The Morgan fingerprint density at radius 1 is 1.14 bits per heavy atom. The Kier molecular flexibility index (Phi) is 14.3. The average Bonchev–Trinajstić information content (AvgIpc) is 3.28. The number of rotatable bonds is 9. The number of benzene rings is 2. The molecule has 42 heavy (non-hydrogen) atoms. The van der Waals surface area contributed by atoms with Crippen LogP contribution >= 0.6 is 32.2 Å². The minimum Gasteiger partial charge on any atom is -0.372 e. The maximum Gasteiger partial charge on any atom is 0.244 e. The summed E-state index contributed by atoms with van der Waals surface area (Å²) >= 11 is 7.28. The first-order valence-corrected chi connectivity index (χ1v) is 15.8. The Morgan fingerprint density at radius 3 is 2.38 bits per heavy atom. The molecule has 1 unspecified atom stereocenters. The molecule has 1 N–H and O–H groups in total. The van der Waals surface area contributed by atoms with E-state index in [0.29, 0.717) is 26.6 Å². The molecule has 10 heteroatoms. The Morgan fingerprint density at radius 2 is 1.81 bits per heavy atom. The number of anilines is 2. The van der Waals surface area contributed by atoms with Gasteiger partial charge in [-0.2, -0.15) is 0 Å². The second-order valence-electron chi connectivity index (χ2n) is 9.40. The fraction of sp³-hybridized carbons (Fsp3) is 0.344. The van der Waals surface area contributed by atoms with Crippen LogP contribution < -0.4 is 15.5 Å². The van der Waals surface area contributed by atoms with Crippen molar-refractivity contribution in [3.8, 4) is 0 Å². The maximum atomic E-state index is 13.4. The van der Waals surface area contributed by atoms with Gasteiger partial charge in [-0.25, -0.2) is 9.38 Å². The zero-order valence-electron chi connectivity index (χ0n) is 25.3. The Hall–Kier alpha value is -3.06. The van der Waals surface area contributed by atoms with E-state index in [1.54, 1.807) is 11.0 Å². The summed E-state index contributed by atoms with van der Waals surface area (Å²) in [5, 5.41) is 4.84. The van der Waals surface area contributed by atoms with Crippen LogP contribution in [0.1, 0.15) is 68.3 Å². The molecule has 1 amide bonds. The Bertz CT molecular complexity index is 1400. The predicted octanol–water partition coefficient (Wildman–Crippen LogP) is 8.48. The number of nitrogens with one attached hydrogen (secondary N) is 1. The largest absolute Gasteiger partial charge is 0.372 e. The van der Waals surface area contributed by atoms with Gasteiger partial charge in [-0.15, -0.1) is 20.6 Å². The van der Waals surface area contributed by atoms with Crippen molar-refractivity contribution in [1.29, 1.82) is 0 Å². The molecule has 0 radical (unpaired) electrons. The number of carbonyl (C=O) groups excluding carboxylic acids is 2. The number of nitrogens with zero attached hydrogens (tertiary/aromatic N) is 3. The van der Waals surface area contributed by atoms with Crippen LogP contribution in [0.2, 0.25) is 5.02 Å². The van der Waals surface area contributed by atoms with Crippen LogP contribution in [0, 0.1) is 12.7 Å². The molecule has 3 aromatic rings. The molecule has 6 nitrogen and oxygen atoms in total. The lowest BCUT2D eigenvalue weighted by atomic mass is 10.1. The van der Waals surface area contributed by atoms with E-state index in [0.717, 1.165) is 29.2 Å². The zero-order valence-corrected chi connectivity index (χ0v) is 28.0. The van der Waals surface area contributed by atoms with E-state index in [2.05, 4.69) is 50.9 Å². The zero-order chi connectivity index (χ0) is 31.4. The van der Waals surface area contributed by atoms with Gasteiger partial charge in [-0.05, 0) is 74.0 Å². The maximum absolute atomic E-state index is 13.4. The van der Waals surface area contributed by atoms with E-state index in [1.165, 1.54) is 55.3 Å². The van der Waals surface area contributed by atoms with Crippen molar-refractivity contribution in [2.24, 2.45) is 4.99 Å². The van der Waals surface area contributed by atoms with Gasteiger partial charge in [-0.3, -0.25) is 9.59 Å². The number of thiophene rings is 1. The molecule has 0 aliphatic carbocycles. The third kappa shape index (κ3) is 9.75. The van der Waals surface area contributed by atoms with Crippen LogP contribution in [0.25, 0.3) is 5.70 Å². The first-order valence-electron chi connectivity index (χ1n) is 14.0. The predicted molar refractivity (Wildman–Crippen MR) is 183 cm³/mol. The first kappa shape index (κ1) is 35.1. The topological polar surface area (TPSA) is 65.0 Å². The molecule has 2 aromatic carbocycles. The highest BCUT2D eigenvalue weighted by atomic mass is 35.5. The lowest BCUT2D eigenvalue weighted by Crippen LogP contribution is -2.32. The number of hydrogen-bond donors (Lipinski definition) is 1. The molecular formula is C32H41ClFN4O2PS. The van der Waals surface area contributed by atoms with E-state index in [9.17, 15) is 14.0 Å². The fourth-order valence-corrected chi connectivity index (χ4v) is 5.95. The molecule has 0 spiro atoms. The van der Waals surface area contributed by atoms with Gasteiger partial charge < -0.3 is 15.1 Å². The van der Waals surface area contributed by atoms with Gasteiger partial charge in [0.05, 0.1) is 11.2 Å². The van der Waals surface area contributed by atoms with E-state index in [1.807, 2.05) is 39.0 Å². The first-order chi connectivity index (χ1) is 20.0. The summed E-state index contributed by atoms with van der Waals surface area (Å²) in [6.45, 7) is 18.0. The molecule has 0 bridgehead atoms. The number of amides is 1. The van der Waals surface area contributed by atoms with Crippen molar-refractivity contribution in [2.75, 3.05) is 29.9 Å². The van der Waals surface area contributed by atoms with Crippen LogP contribution in [-0.2, 0) is 4.79 Å². The lowest BCUT2D eigenvalue weighted by molar-refractivity contribution is -0.116. The highest BCUT2D eigenvalue weighted by Crippen LogP contribution is 2.42. The summed E-state index contributed by atoms with van der Waals surface area (Å²) in [7, 11) is 2.39. The summed E-state index contributed by atoms with van der Waals surface area (Å²) in [6, 6.07) is 12.4. The third-order valence-corrected chi connectivity index (χ3v) is 7.94. The van der Waals surface area contributed by atoms with Gasteiger partial charge in [-0.1, -0.05) is 51.9 Å². The molecule has 4 rings (SSSR count). The van der Waals surface area contributed by atoms with Crippen LogP contribution in [0.5, 0.6) is 0 Å². The second kappa shape index (κ2) is 17.2. The van der Waals surface area contributed by atoms with E-state index >= 15 is 0 Å². The summed E-state index contributed by atoms with van der Waals surface area (Å²) in [4.78, 5) is 33.0. The average molecular weight is 631 g/mol. The van der Waals surface area contributed by atoms with Crippen molar-refractivity contribution in [2.45, 2.75) is 54.4 Å². The van der Waals surface area contributed by atoms with Crippen LogP contribution in [-0.4, -0.2) is 42.6 Å². The molecule has 1 aromatic heterocycles. The second-order valence-corrected chi connectivity index (χ2v) is 11.5. The van der Waals surface area contributed by atoms with E-state index < -0.39 is 5.82 Å². The lowest BCUT2D eigenvalue weighted by Gasteiger charge is -2.25. The third-order valence-electron chi connectivity index (χ3n) is 6.08. The highest BCUT2D eigenvalue weighted by Gasteiger charge is 2.26. The van der Waals surface area contributed by atoms with Crippen LogP contribution in [0.15, 0.2) is 54.0 Å². The Labute approximate surface area is 260 Å². The fourth-order valence-electron chi connectivity index (χ4n) is 4.36. The van der Waals surface area contributed by atoms with Crippen molar-refractivity contribution in [3.63, 3.8) is 0 Å². The molecule has 2 heterocycles. The van der Waals surface area contributed by atoms with Crippen LogP contribution in [0.3, 0.4) is 0 Å². The number of halogens is 2. The minimum atomic E-state index is -0.424. The molecular weight excluding hydrogens is 590 g/mol. The summed E-state index contributed by atoms with van der Waals surface area (Å²) in [5.74, 6) is -0.767. The van der Waals surface area contributed by atoms with Crippen molar-refractivity contribution >= 4 is 77.6 Å².